The molecule has 0 bridgehead atoms. The molecule has 94 valence electrons. The van der Waals surface area contributed by atoms with Gasteiger partial charge >= 0.3 is 0 Å². The summed E-state index contributed by atoms with van der Waals surface area (Å²) in [7, 11) is 0. The molecule has 5 nitrogen and oxygen atoms in total. The maximum Gasteiger partial charge on any atom is 0.222 e. The Bertz CT molecular complexity index is 473. The fraction of sp³-hybridized carbons (Fsp3) is 0.250. The Hall–Kier alpha value is -1.88. The van der Waals surface area contributed by atoms with Gasteiger partial charge in [-0.3, -0.25) is 4.98 Å². The fourth-order valence-corrected chi connectivity index (χ4v) is 1.50. The third kappa shape index (κ3) is 3.85. The van der Waals surface area contributed by atoms with Crippen molar-refractivity contribution in [3.8, 4) is 5.75 Å². The van der Waals surface area contributed by atoms with Gasteiger partial charge in [0.2, 0.25) is 5.95 Å². The van der Waals surface area contributed by atoms with Crippen LogP contribution in [-0.4, -0.2) is 28.1 Å². The highest BCUT2D eigenvalue weighted by atomic mass is 35.5. The van der Waals surface area contributed by atoms with E-state index in [1.54, 1.807) is 24.7 Å². The number of nitrogens with one attached hydrogen (secondary N) is 1. The molecule has 2 aromatic heterocycles. The van der Waals surface area contributed by atoms with Gasteiger partial charge in [-0.25, -0.2) is 9.97 Å². The number of pyridine rings is 1. The number of anilines is 1. The Labute approximate surface area is 110 Å². The highest BCUT2D eigenvalue weighted by molar-refractivity contribution is 6.30. The molecule has 0 aliphatic heterocycles. The van der Waals surface area contributed by atoms with Gasteiger partial charge in [-0.05, 0) is 13.0 Å². The number of halogens is 1. The van der Waals surface area contributed by atoms with Gasteiger partial charge in [0.15, 0.2) is 0 Å². The molecule has 0 spiro atoms. The van der Waals surface area contributed by atoms with Crippen molar-refractivity contribution in [1.29, 1.82) is 0 Å². The molecule has 2 aromatic rings. The zero-order valence-corrected chi connectivity index (χ0v) is 10.7. The number of hydrogen-bond donors (Lipinski definition) is 1. The molecular weight excluding hydrogens is 252 g/mol. The summed E-state index contributed by atoms with van der Waals surface area (Å²) in [6.45, 7) is 3.01. The van der Waals surface area contributed by atoms with Crippen LogP contribution in [0.5, 0.6) is 5.75 Å². The van der Waals surface area contributed by atoms with E-state index in [0.29, 0.717) is 29.9 Å². The van der Waals surface area contributed by atoms with Crippen molar-refractivity contribution in [2.75, 3.05) is 18.5 Å². The lowest BCUT2D eigenvalue weighted by Gasteiger charge is -2.07. The average molecular weight is 265 g/mol. The third-order valence-corrected chi connectivity index (χ3v) is 2.34. The minimum atomic E-state index is 0.485. The zero-order valence-electron chi connectivity index (χ0n) is 9.93. The summed E-state index contributed by atoms with van der Waals surface area (Å²) in [6, 6.07) is 3.57. The number of hydrogen-bond acceptors (Lipinski definition) is 5. The molecule has 18 heavy (non-hydrogen) atoms. The molecule has 1 N–H and O–H groups in total. The second kappa shape index (κ2) is 6.16. The van der Waals surface area contributed by atoms with E-state index in [4.69, 9.17) is 16.3 Å². The van der Waals surface area contributed by atoms with Crippen LogP contribution in [0.2, 0.25) is 5.02 Å². The zero-order chi connectivity index (χ0) is 12.8. The highest BCUT2D eigenvalue weighted by Gasteiger charge is 1.97. The summed E-state index contributed by atoms with van der Waals surface area (Å²) in [5.41, 5.74) is 0.924. The maximum atomic E-state index is 5.79. The number of rotatable bonds is 5. The number of nitrogens with zero attached hydrogens (tertiary/aromatic N) is 3. The lowest BCUT2D eigenvalue weighted by Crippen LogP contribution is -2.13. The van der Waals surface area contributed by atoms with Crippen LogP contribution in [0.25, 0.3) is 0 Å². The molecule has 0 atom stereocenters. The van der Waals surface area contributed by atoms with E-state index < -0.39 is 0 Å². The van der Waals surface area contributed by atoms with Gasteiger partial charge in [0.1, 0.15) is 12.4 Å². The first-order chi connectivity index (χ1) is 8.74. The van der Waals surface area contributed by atoms with Crippen LogP contribution in [0.3, 0.4) is 0 Å². The molecule has 2 rings (SSSR count). The number of aromatic nitrogens is 3. The molecular formula is C12H13ClN4O. The Morgan fingerprint density at radius 3 is 3.06 bits per heavy atom. The van der Waals surface area contributed by atoms with Crippen LogP contribution in [0, 0.1) is 6.92 Å². The molecule has 6 heteroatoms. The SMILES string of the molecule is Cc1ccnc(NCCOc2cncc(Cl)c2)n1. The van der Waals surface area contributed by atoms with Crippen molar-refractivity contribution in [3.05, 3.63) is 41.4 Å². The van der Waals surface area contributed by atoms with Gasteiger partial charge in [0, 0.05) is 24.2 Å². The molecule has 0 saturated heterocycles. The third-order valence-electron chi connectivity index (χ3n) is 2.13. The fourth-order valence-electron chi connectivity index (χ4n) is 1.34. The Morgan fingerprint density at radius 1 is 1.39 bits per heavy atom. The summed E-state index contributed by atoms with van der Waals surface area (Å²) in [6.07, 6.45) is 4.90. The molecule has 2 heterocycles. The minimum absolute atomic E-state index is 0.485. The molecule has 0 aliphatic rings. The maximum absolute atomic E-state index is 5.79. The second-order valence-electron chi connectivity index (χ2n) is 3.64. The van der Waals surface area contributed by atoms with Crippen LogP contribution in [0.15, 0.2) is 30.7 Å². The second-order valence-corrected chi connectivity index (χ2v) is 4.07. The first-order valence-corrected chi connectivity index (χ1v) is 5.89. The van der Waals surface area contributed by atoms with Gasteiger partial charge in [0.05, 0.1) is 17.8 Å². The molecule has 0 fully saturated rings. The van der Waals surface area contributed by atoms with Crippen molar-refractivity contribution in [1.82, 2.24) is 15.0 Å². The number of ether oxygens (including phenoxy) is 1. The lowest BCUT2D eigenvalue weighted by atomic mass is 10.4. The average Bonchev–Trinajstić information content (AvgIpc) is 2.35. The van der Waals surface area contributed by atoms with Crippen molar-refractivity contribution in [2.45, 2.75) is 6.92 Å². The van der Waals surface area contributed by atoms with Gasteiger partial charge in [-0.1, -0.05) is 11.6 Å². The van der Waals surface area contributed by atoms with Gasteiger partial charge in [0.25, 0.3) is 0 Å². The first kappa shape index (κ1) is 12.6. The van der Waals surface area contributed by atoms with E-state index in [1.807, 2.05) is 13.0 Å². The summed E-state index contributed by atoms with van der Waals surface area (Å²) in [4.78, 5) is 12.2. The Kier molecular flexibility index (Phi) is 4.30. The van der Waals surface area contributed by atoms with Crippen molar-refractivity contribution >= 4 is 17.5 Å². The van der Waals surface area contributed by atoms with Crippen LogP contribution in [0.1, 0.15) is 5.69 Å². The van der Waals surface area contributed by atoms with E-state index in [9.17, 15) is 0 Å². The molecule has 0 aromatic carbocycles. The van der Waals surface area contributed by atoms with E-state index in [-0.39, 0.29) is 0 Å². The standard InChI is InChI=1S/C12H13ClN4O/c1-9-2-3-15-12(17-9)16-4-5-18-11-6-10(13)7-14-8-11/h2-3,6-8H,4-5H2,1H3,(H,15,16,17). The minimum Gasteiger partial charge on any atom is -0.490 e. The predicted octanol–water partition coefficient (Wildman–Crippen LogP) is 2.32. The lowest BCUT2D eigenvalue weighted by molar-refractivity contribution is 0.331. The molecule has 0 radical (unpaired) electrons. The highest BCUT2D eigenvalue weighted by Crippen LogP contribution is 2.14. The summed E-state index contributed by atoms with van der Waals surface area (Å²) >= 11 is 5.79. The van der Waals surface area contributed by atoms with E-state index in [1.165, 1.54) is 0 Å². The molecule has 0 amide bonds. The van der Waals surface area contributed by atoms with Crippen LogP contribution in [-0.2, 0) is 0 Å². The Morgan fingerprint density at radius 2 is 2.28 bits per heavy atom. The van der Waals surface area contributed by atoms with Gasteiger partial charge < -0.3 is 10.1 Å². The normalized spacial score (nSPS) is 10.1. The molecule has 0 saturated carbocycles. The van der Waals surface area contributed by atoms with E-state index >= 15 is 0 Å². The van der Waals surface area contributed by atoms with Crippen LogP contribution in [0.4, 0.5) is 5.95 Å². The predicted molar refractivity (Wildman–Crippen MR) is 70.0 cm³/mol. The number of aryl methyl sites for hydroxylation is 1. The van der Waals surface area contributed by atoms with Gasteiger partial charge in [-0.15, -0.1) is 0 Å². The van der Waals surface area contributed by atoms with Crippen LogP contribution < -0.4 is 10.1 Å². The van der Waals surface area contributed by atoms with Crippen LogP contribution >= 0.6 is 11.6 Å². The van der Waals surface area contributed by atoms with Crippen molar-refractivity contribution in [3.63, 3.8) is 0 Å². The first-order valence-electron chi connectivity index (χ1n) is 5.51. The summed E-state index contributed by atoms with van der Waals surface area (Å²) in [5, 5.41) is 3.63. The molecule has 0 aliphatic carbocycles. The monoisotopic (exact) mass is 264 g/mol. The molecule has 0 unspecified atom stereocenters. The summed E-state index contributed by atoms with van der Waals surface area (Å²) < 4.78 is 5.47. The van der Waals surface area contributed by atoms with E-state index in [0.717, 1.165) is 5.69 Å². The quantitative estimate of drug-likeness (QED) is 0.840. The summed E-state index contributed by atoms with van der Waals surface area (Å²) in [5.74, 6) is 1.25. The largest absolute Gasteiger partial charge is 0.490 e. The topological polar surface area (TPSA) is 59.9 Å². The smallest absolute Gasteiger partial charge is 0.222 e. The van der Waals surface area contributed by atoms with Crippen molar-refractivity contribution in [2.24, 2.45) is 0 Å². The van der Waals surface area contributed by atoms with E-state index in [2.05, 4.69) is 20.3 Å². The van der Waals surface area contributed by atoms with Gasteiger partial charge in [-0.2, -0.15) is 0 Å². The van der Waals surface area contributed by atoms with Crippen molar-refractivity contribution < 1.29 is 4.74 Å². The Balaban J connectivity index is 1.76.